The number of aldehydes is 1. The lowest BCUT2D eigenvalue weighted by Gasteiger charge is -1.95. The van der Waals surface area contributed by atoms with Crippen LogP contribution >= 0.6 is 0 Å². The normalized spacial score (nSPS) is 9.25. The average Bonchev–Trinajstić information content (AvgIpc) is 2.66. The number of carbonyl (C=O) groups is 1. The molecule has 0 bridgehead atoms. The summed E-state index contributed by atoms with van der Waals surface area (Å²) in [6, 6.07) is 0.215. The van der Waals surface area contributed by atoms with Gasteiger partial charge in [-0.3, -0.25) is 0 Å². The summed E-state index contributed by atoms with van der Waals surface area (Å²) in [5.74, 6) is 0. The molecule has 0 aromatic heterocycles. The molecule has 2 atom stereocenters. The van der Waals surface area contributed by atoms with E-state index in [1.54, 1.807) is 0 Å². The van der Waals surface area contributed by atoms with Crippen LogP contribution in [0.1, 0.15) is 92.9 Å². The van der Waals surface area contributed by atoms with Crippen molar-refractivity contribution in [1.82, 2.24) is 0 Å². The molecule has 0 spiro atoms. The summed E-state index contributed by atoms with van der Waals surface area (Å²) in [5.41, 5.74) is 0. The quantitative estimate of drug-likeness (QED) is 0.299. The Morgan fingerprint density at radius 2 is 1.14 bits per heavy atom. The maximum absolute atomic E-state index is 9.79. The Morgan fingerprint density at radius 1 is 0.714 bits per heavy atom. The molecule has 2 unspecified atom stereocenters. The summed E-state index contributed by atoms with van der Waals surface area (Å²) in [7, 11) is 0. The Hall–Kier alpha value is -1.67. The zero-order chi connectivity index (χ0) is 20.3. The van der Waals surface area contributed by atoms with Crippen LogP contribution in [0.25, 0.3) is 14.5 Å². The first-order chi connectivity index (χ1) is 12.0. The summed E-state index contributed by atoms with van der Waals surface area (Å²) in [5, 5.41) is 0. The maximum Gasteiger partial charge on any atom is 0.230 e. The monoisotopic (exact) mass is 382 g/mol. The third kappa shape index (κ3) is 56.3. The van der Waals surface area contributed by atoms with E-state index in [1.165, 1.54) is 12.8 Å². The number of hydrogen-bond acceptors (Lipinski definition) is 1. The Kier molecular flexibility index (Phi) is 80.6. The number of rotatable bonds is 8. The molecular formula is C21H39B3N3O. The molecule has 4 nitrogen and oxygen atoms in total. The van der Waals surface area contributed by atoms with Crippen molar-refractivity contribution in [1.29, 1.82) is 0 Å². The van der Waals surface area contributed by atoms with E-state index in [2.05, 4.69) is 42.2 Å². The summed E-state index contributed by atoms with van der Waals surface area (Å²) >= 11 is 0. The van der Waals surface area contributed by atoms with E-state index in [-0.39, 0.29) is 31.3 Å². The van der Waals surface area contributed by atoms with Gasteiger partial charge >= 0.3 is 0 Å². The van der Waals surface area contributed by atoms with Crippen molar-refractivity contribution < 1.29 is 4.79 Å². The highest BCUT2D eigenvalue weighted by atomic mass is 16.1. The Balaban J connectivity index is -0.0000000420. The van der Waals surface area contributed by atoms with Crippen LogP contribution in [0.15, 0.2) is 0 Å². The van der Waals surface area contributed by atoms with Crippen LogP contribution in [0.2, 0.25) is 0 Å². The molecule has 0 rings (SSSR count). The summed E-state index contributed by atoms with van der Waals surface area (Å²) in [6.07, 6.45) is 8.82. The van der Waals surface area contributed by atoms with Crippen molar-refractivity contribution in [3.8, 4) is 0 Å². The van der Waals surface area contributed by atoms with E-state index in [1.807, 2.05) is 13.8 Å². The van der Waals surface area contributed by atoms with Crippen molar-refractivity contribution in [2.45, 2.75) is 105 Å². The minimum atomic E-state index is -0.0764. The highest BCUT2D eigenvalue weighted by Crippen LogP contribution is 2.04. The SMILES string of the molecule is CCCC.[B].[B].[B].[C-]#[N+]C(CC)CC=O.[C-]#[N+]C(CC)CCC.[C-]#[N+]CCC. The molecule has 0 aromatic carbocycles. The number of carbonyl (C=O) groups excluding carboxylic acids is 1. The molecule has 0 amide bonds. The zero-order valence-corrected chi connectivity index (χ0v) is 19.1. The summed E-state index contributed by atoms with van der Waals surface area (Å²) < 4.78 is 0. The third-order valence-electron chi connectivity index (χ3n) is 3.13. The van der Waals surface area contributed by atoms with Crippen LogP contribution in [-0.4, -0.2) is 50.2 Å². The maximum atomic E-state index is 9.79. The molecule has 0 saturated heterocycles. The van der Waals surface area contributed by atoms with E-state index >= 15 is 0 Å². The fraction of sp³-hybridized carbons (Fsp3) is 0.810. The lowest BCUT2D eigenvalue weighted by Crippen LogP contribution is -1.98. The summed E-state index contributed by atoms with van der Waals surface area (Å²) in [6.45, 7) is 32.6. The molecule has 0 aliphatic rings. The standard InChI is InChI=1S/C7H13N.C6H9NO.C4H7N.C4H10.3B/c1-4-6-7(5-2)8-3;1-3-6(7-2)4-5-8;1-3-4-5-2;1-3-4-2;;;/h7H,4-6H2,1-2H3;5-6H,3-4H2,1H3;3-4H2,1H3;3-4H2,1-2H3;;;. The Labute approximate surface area is 182 Å². The molecule has 28 heavy (non-hydrogen) atoms. The molecule has 0 aromatic rings. The van der Waals surface area contributed by atoms with Crippen molar-refractivity contribution in [2.75, 3.05) is 6.54 Å². The molecule has 9 radical (unpaired) electrons. The zero-order valence-electron chi connectivity index (χ0n) is 19.1. The highest BCUT2D eigenvalue weighted by Gasteiger charge is 2.05. The topological polar surface area (TPSA) is 30.1 Å². The second-order valence-corrected chi connectivity index (χ2v) is 5.46. The van der Waals surface area contributed by atoms with Gasteiger partial charge in [0, 0.05) is 50.9 Å². The first kappa shape index (κ1) is 45.2. The van der Waals surface area contributed by atoms with Crippen molar-refractivity contribution in [3.05, 3.63) is 34.3 Å². The molecule has 0 aliphatic carbocycles. The average molecular weight is 382 g/mol. The van der Waals surface area contributed by atoms with Crippen molar-refractivity contribution >= 4 is 31.5 Å². The lowest BCUT2D eigenvalue weighted by atomic mass is 10.1. The van der Waals surface area contributed by atoms with Crippen LogP contribution in [-0.2, 0) is 4.79 Å². The van der Waals surface area contributed by atoms with Gasteiger partial charge < -0.3 is 19.3 Å². The first-order valence-electron chi connectivity index (χ1n) is 9.52. The highest BCUT2D eigenvalue weighted by molar-refractivity contribution is 5.76. The van der Waals surface area contributed by atoms with Crippen LogP contribution in [0.4, 0.5) is 0 Å². The van der Waals surface area contributed by atoms with Gasteiger partial charge in [-0.1, -0.05) is 54.4 Å². The van der Waals surface area contributed by atoms with E-state index in [0.717, 1.165) is 38.4 Å². The van der Waals surface area contributed by atoms with E-state index in [9.17, 15) is 4.79 Å². The first-order valence-corrected chi connectivity index (χ1v) is 9.52. The number of hydrogen-bond donors (Lipinski definition) is 0. The molecule has 7 heteroatoms. The van der Waals surface area contributed by atoms with Gasteiger partial charge in [0.15, 0.2) is 0 Å². The van der Waals surface area contributed by atoms with Gasteiger partial charge in [0.1, 0.15) is 6.29 Å². The number of nitrogens with zero attached hydrogens (tertiary/aromatic N) is 3. The predicted octanol–water partition coefficient (Wildman–Crippen LogP) is 5.74. The van der Waals surface area contributed by atoms with Gasteiger partial charge in [-0.25, -0.2) is 19.7 Å². The van der Waals surface area contributed by atoms with Gasteiger partial charge in [0.25, 0.3) is 0 Å². The van der Waals surface area contributed by atoms with E-state index in [0.29, 0.717) is 19.0 Å². The lowest BCUT2D eigenvalue weighted by molar-refractivity contribution is -0.108. The molecule has 0 aliphatic heterocycles. The fourth-order valence-corrected chi connectivity index (χ4v) is 1.23. The molecule has 0 saturated carbocycles. The van der Waals surface area contributed by atoms with E-state index < -0.39 is 0 Å². The predicted molar refractivity (Wildman–Crippen MR) is 127 cm³/mol. The Morgan fingerprint density at radius 3 is 1.21 bits per heavy atom. The molecule has 0 heterocycles. The van der Waals surface area contributed by atoms with Gasteiger partial charge in [0.05, 0.1) is 6.42 Å². The fourth-order valence-electron chi connectivity index (χ4n) is 1.23. The molecule has 0 N–H and O–H groups in total. The smallest absolute Gasteiger partial charge is 0.230 e. The van der Waals surface area contributed by atoms with Crippen LogP contribution < -0.4 is 0 Å². The molecular weight excluding hydrogens is 343 g/mol. The second-order valence-electron chi connectivity index (χ2n) is 5.46. The largest absolute Gasteiger partial charge is 0.317 e. The minimum Gasteiger partial charge on any atom is -0.317 e. The van der Waals surface area contributed by atoms with Gasteiger partial charge in [-0.15, -0.1) is 0 Å². The van der Waals surface area contributed by atoms with Crippen LogP contribution in [0.3, 0.4) is 0 Å². The molecule has 153 valence electrons. The Bertz CT molecular complexity index is 373. The van der Waals surface area contributed by atoms with Gasteiger partial charge in [0.2, 0.25) is 18.6 Å². The van der Waals surface area contributed by atoms with Crippen LogP contribution in [0, 0.1) is 19.7 Å². The minimum absolute atomic E-state index is 0. The third-order valence-corrected chi connectivity index (χ3v) is 3.13. The van der Waals surface area contributed by atoms with Crippen molar-refractivity contribution in [2.24, 2.45) is 0 Å². The van der Waals surface area contributed by atoms with Crippen LogP contribution in [0.5, 0.6) is 0 Å². The number of unbranched alkanes of at least 4 members (excludes halogenated alkanes) is 1. The van der Waals surface area contributed by atoms with Gasteiger partial charge in [-0.05, 0) is 6.42 Å². The molecule has 0 fully saturated rings. The van der Waals surface area contributed by atoms with Gasteiger partial charge in [-0.2, -0.15) is 0 Å². The van der Waals surface area contributed by atoms with Crippen molar-refractivity contribution in [3.63, 3.8) is 0 Å². The second kappa shape index (κ2) is 49.9. The summed E-state index contributed by atoms with van der Waals surface area (Å²) in [4.78, 5) is 19.6. The van der Waals surface area contributed by atoms with E-state index in [4.69, 9.17) is 19.7 Å².